The molecule has 2 aliphatic carbocycles. The summed E-state index contributed by atoms with van der Waals surface area (Å²) < 4.78 is 5.64. The zero-order valence-corrected chi connectivity index (χ0v) is 22.0. The molecule has 192 valence electrons. The predicted octanol–water partition coefficient (Wildman–Crippen LogP) is 5.97. The lowest BCUT2D eigenvalue weighted by molar-refractivity contribution is 0.125. The van der Waals surface area contributed by atoms with Crippen LogP contribution in [0.3, 0.4) is 0 Å². The van der Waals surface area contributed by atoms with Crippen molar-refractivity contribution in [2.75, 3.05) is 31.6 Å². The molecule has 6 heteroatoms. The second-order valence-corrected chi connectivity index (χ2v) is 10.9. The summed E-state index contributed by atoms with van der Waals surface area (Å²) in [5, 5.41) is 16.3. The van der Waals surface area contributed by atoms with Gasteiger partial charge < -0.3 is 15.4 Å². The van der Waals surface area contributed by atoms with E-state index < -0.39 is 0 Å². The Morgan fingerprint density at radius 1 is 1.14 bits per heavy atom. The highest BCUT2D eigenvalue weighted by atomic mass is 16.5. The SMILES string of the molecule is CCN[C@]1(c2ccccc2)CC[C@@](C)(CN(C(=O)NCC2CCC2)c2ccc(C#N)cc2OC)CC1. The van der Waals surface area contributed by atoms with Gasteiger partial charge >= 0.3 is 6.03 Å². The third-order valence-corrected chi connectivity index (χ3v) is 8.30. The van der Waals surface area contributed by atoms with E-state index in [-0.39, 0.29) is 17.0 Å². The van der Waals surface area contributed by atoms with Crippen molar-refractivity contribution in [1.29, 1.82) is 5.26 Å². The van der Waals surface area contributed by atoms with Gasteiger partial charge in [0.15, 0.2) is 0 Å². The zero-order chi connectivity index (χ0) is 25.6. The molecule has 6 nitrogen and oxygen atoms in total. The van der Waals surface area contributed by atoms with Crippen molar-refractivity contribution in [3.8, 4) is 11.8 Å². The molecule has 2 aromatic carbocycles. The van der Waals surface area contributed by atoms with Gasteiger partial charge in [-0.25, -0.2) is 4.79 Å². The monoisotopic (exact) mass is 488 g/mol. The molecule has 0 aliphatic heterocycles. The predicted molar refractivity (Wildman–Crippen MR) is 144 cm³/mol. The van der Waals surface area contributed by atoms with E-state index in [4.69, 9.17) is 4.74 Å². The number of hydrogen-bond donors (Lipinski definition) is 2. The number of methoxy groups -OCH3 is 1. The fourth-order valence-corrected chi connectivity index (χ4v) is 5.74. The lowest BCUT2D eigenvalue weighted by Crippen LogP contribution is -2.51. The van der Waals surface area contributed by atoms with Crippen LogP contribution in [0.25, 0.3) is 0 Å². The van der Waals surface area contributed by atoms with Crippen LogP contribution in [0.5, 0.6) is 5.75 Å². The molecule has 0 heterocycles. The maximum absolute atomic E-state index is 13.6. The van der Waals surface area contributed by atoms with Crippen LogP contribution >= 0.6 is 0 Å². The van der Waals surface area contributed by atoms with Gasteiger partial charge in [0.2, 0.25) is 0 Å². The molecular formula is C30H40N4O2. The van der Waals surface area contributed by atoms with Gasteiger partial charge in [0, 0.05) is 24.7 Å². The van der Waals surface area contributed by atoms with Crippen LogP contribution in [0, 0.1) is 22.7 Å². The van der Waals surface area contributed by atoms with Crippen LogP contribution in [0.1, 0.15) is 69.9 Å². The van der Waals surface area contributed by atoms with E-state index in [9.17, 15) is 10.1 Å². The van der Waals surface area contributed by atoms with Crippen molar-refractivity contribution in [3.05, 3.63) is 59.7 Å². The lowest BCUT2D eigenvalue weighted by atomic mass is 9.66. The molecule has 36 heavy (non-hydrogen) atoms. The maximum atomic E-state index is 13.6. The number of rotatable bonds is 9. The molecule has 0 spiro atoms. The standard InChI is InChI=1S/C30H40N4O2/c1-4-33-30(25-11-6-5-7-12-25)17-15-29(2,16-18-30)22-34(28(35)32-21-23-9-8-10-23)26-14-13-24(20-31)19-27(26)36-3/h5-7,11-14,19,23,33H,4,8-10,15-18,21-22H2,1-3H3,(H,32,35)/t29-,30-. The van der Waals surface area contributed by atoms with Gasteiger partial charge in [0.1, 0.15) is 5.75 Å². The van der Waals surface area contributed by atoms with Crippen molar-refractivity contribution in [1.82, 2.24) is 10.6 Å². The smallest absolute Gasteiger partial charge is 0.322 e. The van der Waals surface area contributed by atoms with Crippen LogP contribution in [0.15, 0.2) is 48.5 Å². The van der Waals surface area contributed by atoms with E-state index in [1.165, 1.54) is 24.8 Å². The summed E-state index contributed by atoms with van der Waals surface area (Å²) in [4.78, 5) is 15.4. The highest BCUT2D eigenvalue weighted by Gasteiger charge is 2.42. The quantitative estimate of drug-likeness (QED) is 0.456. The fraction of sp³-hybridized carbons (Fsp3) is 0.533. The minimum atomic E-state index is -0.0855. The molecule has 0 saturated heterocycles. The first-order valence-corrected chi connectivity index (χ1v) is 13.4. The highest BCUT2D eigenvalue weighted by molar-refractivity contribution is 5.94. The highest BCUT2D eigenvalue weighted by Crippen LogP contribution is 2.47. The third kappa shape index (κ3) is 5.68. The molecule has 0 radical (unpaired) electrons. The van der Waals surface area contributed by atoms with Gasteiger partial charge in [0.05, 0.1) is 24.4 Å². The van der Waals surface area contributed by atoms with E-state index >= 15 is 0 Å². The average Bonchev–Trinajstić information content (AvgIpc) is 2.88. The number of anilines is 1. The molecule has 0 atom stereocenters. The van der Waals surface area contributed by atoms with Gasteiger partial charge in [0.25, 0.3) is 0 Å². The van der Waals surface area contributed by atoms with Crippen LogP contribution < -0.4 is 20.3 Å². The summed E-state index contributed by atoms with van der Waals surface area (Å²) in [7, 11) is 1.59. The number of urea groups is 1. The van der Waals surface area contributed by atoms with E-state index in [2.05, 4.69) is 60.9 Å². The third-order valence-electron chi connectivity index (χ3n) is 8.30. The van der Waals surface area contributed by atoms with Crippen LogP contribution in [-0.4, -0.2) is 32.8 Å². The summed E-state index contributed by atoms with van der Waals surface area (Å²) in [5.41, 5.74) is 2.51. The molecular weight excluding hydrogens is 448 g/mol. The van der Waals surface area contributed by atoms with Crippen molar-refractivity contribution >= 4 is 11.7 Å². The molecule has 0 aromatic heterocycles. The van der Waals surface area contributed by atoms with E-state index in [1.807, 2.05) is 11.0 Å². The average molecular weight is 489 g/mol. The van der Waals surface area contributed by atoms with Gasteiger partial charge in [-0.1, -0.05) is 50.6 Å². The number of carbonyl (C=O) groups is 1. The second-order valence-electron chi connectivity index (χ2n) is 10.9. The van der Waals surface area contributed by atoms with Crippen LogP contribution in [-0.2, 0) is 5.54 Å². The Morgan fingerprint density at radius 2 is 1.86 bits per heavy atom. The number of nitriles is 1. The Labute approximate surface area is 216 Å². The molecule has 2 saturated carbocycles. The molecule has 0 bridgehead atoms. The zero-order valence-electron chi connectivity index (χ0n) is 22.0. The van der Waals surface area contributed by atoms with E-state index in [1.54, 1.807) is 19.2 Å². The summed E-state index contributed by atoms with van der Waals surface area (Å²) in [5.74, 6) is 1.13. The molecule has 4 rings (SSSR count). The Morgan fingerprint density at radius 3 is 2.44 bits per heavy atom. The lowest BCUT2D eigenvalue weighted by Gasteiger charge is -2.47. The topological polar surface area (TPSA) is 77.4 Å². The minimum absolute atomic E-state index is 0.0288. The number of amides is 2. The van der Waals surface area contributed by atoms with Gasteiger partial charge in [-0.3, -0.25) is 4.90 Å². The number of ether oxygens (including phenoxy) is 1. The molecule has 2 amide bonds. The second kappa shape index (κ2) is 11.3. The number of nitrogens with zero attached hydrogens (tertiary/aromatic N) is 2. The Balaban J connectivity index is 1.56. The largest absolute Gasteiger partial charge is 0.495 e. The Bertz CT molecular complexity index is 1070. The first kappa shape index (κ1) is 26.0. The number of carbonyl (C=O) groups excluding carboxylic acids is 1. The molecule has 2 N–H and O–H groups in total. The van der Waals surface area contributed by atoms with Crippen molar-refractivity contribution in [3.63, 3.8) is 0 Å². The summed E-state index contributed by atoms with van der Waals surface area (Å²) in [6.45, 7) is 6.70. The molecule has 2 fully saturated rings. The normalized spacial score (nSPS) is 23.8. The van der Waals surface area contributed by atoms with E-state index in [0.29, 0.717) is 30.3 Å². The minimum Gasteiger partial charge on any atom is -0.495 e. The summed E-state index contributed by atoms with van der Waals surface area (Å²) in [6, 6.07) is 18.2. The number of hydrogen-bond acceptors (Lipinski definition) is 4. The van der Waals surface area contributed by atoms with Crippen molar-refractivity contribution in [2.24, 2.45) is 11.3 Å². The van der Waals surface area contributed by atoms with E-state index in [0.717, 1.165) is 37.9 Å². The Kier molecular flexibility index (Phi) is 8.21. The molecule has 2 aliphatic rings. The van der Waals surface area contributed by atoms with Crippen LogP contribution in [0.4, 0.5) is 10.5 Å². The Hall–Kier alpha value is -3.04. The fourth-order valence-electron chi connectivity index (χ4n) is 5.74. The first-order valence-electron chi connectivity index (χ1n) is 13.4. The molecule has 0 unspecified atom stereocenters. The van der Waals surface area contributed by atoms with Gasteiger partial charge in [-0.05, 0) is 74.1 Å². The summed E-state index contributed by atoms with van der Waals surface area (Å²) >= 11 is 0. The summed E-state index contributed by atoms with van der Waals surface area (Å²) in [6.07, 6.45) is 7.65. The van der Waals surface area contributed by atoms with Crippen molar-refractivity contribution < 1.29 is 9.53 Å². The van der Waals surface area contributed by atoms with Crippen molar-refractivity contribution in [2.45, 2.75) is 64.3 Å². The van der Waals surface area contributed by atoms with Crippen LogP contribution in [0.2, 0.25) is 0 Å². The van der Waals surface area contributed by atoms with Gasteiger partial charge in [-0.15, -0.1) is 0 Å². The first-order chi connectivity index (χ1) is 17.4. The van der Waals surface area contributed by atoms with Gasteiger partial charge in [-0.2, -0.15) is 5.26 Å². The molecule has 2 aromatic rings. The number of nitrogens with one attached hydrogen (secondary N) is 2. The maximum Gasteiger partial charge on any atom is 0.322 e. The number of benzene rings is 2.